The minimum Gasteiger partial charge on any atom is -0.457 e. The van der Waals surface area contributed by atoms with Crippen LogP contribution in [0.4, 0.5) is 0 Å². The van der Waals surface area contributed by atoms with Gasteiger partial charge in [0.1, 0.15) is 46.0 Å². The lowest BCUT2D eigenvalue weighted by molar-refractivity contribution is 0.0955. The minimum atomic E-state index is 0.0149. The number of benzene rings is 4. The summed E-state index contributed by atoms with van der Waals surface area (Å²) >= 11 is 0. The SMILES string of the molecule is CCCCCCC1c2cc3c4c(C)c2OCOc2c1cc1c(c2C)OCOc2c(cc5c(c2C)OCOc2c(cc(c(c2C)OCO4)C3CCCCCC)C5CCCCCC)C1CCCCCC. The van der Waals surface area contributed by atoms with Crippen molar-refractivity contribution in [2.75, 3.05) is 27.2 Å². The maximum absolute atomic E-state index is 6.86. The largest absolute Gasteiger partial charge is 0.457 e. The van der Waals surface area contributed by atoms with Crippen LogP contribution in [0.25, 0.3) is 0 Å². The molecule has 9 rings (SSSR count). The van der Waals surface area contributed by atoms with E-state index < -0.39 is 0 Å². The molecule has 0 saturated heterocycles. The fourth-order valence-electron chi connectivity index (χ4n) is 12.5. The fourth-order valence-corrected chi connectivity index (χ4v) is 12.5. The van der Waals surface area contributed by atoms with Crippen LogP contribution in [-0.4, -0.2) is 27.2 Å². The summed E-state index contributed by atoms with van der Waals surface area (Å²) in [6.07, 6.45) is 22.5. The highest BCUT2D eigenvalue weighted by Gasteiger charge is 2.40. The van der Waals surface area contributed by atoms with Crippen LogP contribution < -0.4 is 37.9 Å². The molecule has 0 unspecified atom stereocenters. The van der Waals surface area contributed by atoms with E-state index in [1.165, 1.54) is 122 Å². The van der Waals surface area contributed by atoms with E-state index in [9.17, 15) is 0 Å². The summed E-state index contributed by atoms with van der Waals surface area (Å²) in [4.78, 5) is 0. The maximum atomic E-state index is 6.86. The average molecular weight is 929 g/mol. The zero-order valence-electron chi connectivity index (χ0n) is 42.9. The fraction of sp³-hybridized carbons (Fsp3) is 0.600. The maximum Gasteiger partial charge on any atom is 0.230 e. The average Bonchev–Trinajstić information content (AvgIpc) is 3.31. The van der Waals surface area contributed by atoms with Gasteiger partial charge in [-0.1, -0.05) is 130 Å². The third kappa shape index (κ3) is 9.23. The Hall–Kier alpha value is -4.72. The first-order valence-corrected chi connectivity index (χ1v) is 27.0. The van der Waals surface area contributed by atoms with E-state index in [2.05, 4.69) is 79.7 Å². The summed E-state index contributed by atoms with van der Waals surface area (Å²) in [5.74, 6) is 7.06. The molecule has 4 aromatic carbocycles. The molecule has 368 valence electrons. The van der Waals surface area contributed by atoms with Gasteiger partial charge in [-0.3, -0.25) is 0 Å². The Morgan fingerprint density at radius 1 is 0.279 bits per heavy atom. The summed E-state index contributed by atoms with van der Waals surface area (Å²) < 4.78 is 54.8. The lowest BCUT2D eigenvalue weighted by atomic mass is 9.74. The Balaban J connectivity index is 1.41. The Labute approximate surface area is 408 Å². The highest BCUT2D eigenvalue weighted by molar-refractivity contribution is 5.69. The van der Waals surface area contributed by atoms with Crippen LogP contribution in [0, 0.1) is 27.7 Å². The van der Waals surface area contributed by atoms with Gasteiger partial charge in [-0.15, -0.1) is 0 Å². The van der Waals surface area contributed by atoms with Gasteiger partial charge < -0.3 is 37.9 Å². The van der Waals surface area contributed by atoms with Crippen LogP contribution in [0.2, 0.25) is 0 Å². The summed E-state index contributed by atoms with van der Waals surface area (Å²) in [6.45, 7) is 18.3. The smallest absolute Gasteiger partial charge is 0.230 e. The van der Waals surface area contributed by atoms with Crippen molar-refractivity contribution in [1.29, 1.82) is 0 Å². The van der Waals surface area contributed by atoms with Crippen LogP contribution in [0.15, 0.2) is 24.3 Å². The molecular weight excluding hydrogens is 849 g/mol. The number of hydrogen-bond acceptors (Lipinski definition) is 8. The molecule has 4 heterocycles. The number of ether oxygens (including phenoxy) is 8. The van der Waals surface area contributed by atoms with E-state index in [0.717, 1.165) is 120 Å². The van der Waals surface area contributed by atoms with Crippen molar-refractivity contribution in [1.82, 2.24) is 0 Å². The van der Waals surface area contributed by atoms with Crippen LogP contribution in [0.3, 0.4) is 0 Å². The van der Waals surface area contributed by atoms with Gasteiger partial charge in [-0.2, -0.15) is 0 Å². The summed E-state index contributed by atoms with van der Waals surface area (Å²) in [7, 11) is 0. The van der Waals surface area contributed by atoms with Crippen molar-refractivity contribution < 1.29 is 37.9 Å². The monoisotopic (exact) mass is 929 g/mol. The standard InChI is InChI=1S/C60H80O8/c1-9-13-17-21-25-41-45-29-47-42(26-22-18-14-10-2)49-31-51-44(28-24-20-16-12-4)52-32-50-43(27-23-19-15-11-3)48-30-46(41)54-38(6)56(48)64-35-66-58(50)40(8)60(52)68-36-67-59(51)39(7)57(49)65-34-63-55(47)37(5)53(45)61-33-62-54/h29-32,41-44H,9-28,33-36H2,1-8H3. The number of rotatable bonds is 20. The molecule has 8 heteroatoms. The molecule has 0 fully saturated rings. The molecule has 4 aliphatic heterocycles. The predicted octanol–water partition coefficient (Wildman–Crippen LogP) is 16.6. The van der Waals surface area contributed by atoms with Gasteiger partial charge in [0.25, 0.3) is 0 Å². The molecule has 0 radical (unpaired) electrons. The van der Waals surface area contributed by atoms with Crippen LogP contribution in [0.1, 0.15) is 247 Å². The second-order valence-electron chi connectivity index (χ2n) is 20.6. The van der Waals surface area contributed by atoms with Gasteiger partial charge in [0.2, 0.25) is 27.2 Å². The van der Waals surface area contributed by atoms with Crippen molar-refractivity contribution in [2.24, 2.45) is 0 Å². The lowest BCUT2D eigenvalue weighted by Gasteiger charge is -2.37. The first-order chi connectivity index (χ1) is 33.3. The van der Waals surface area contributed by atoms with E-state index in [1.807, 2.05) is 0 Å². The second-order valence-corrected chi connectivity index (χ2v) is 20.6. The van der Waals surface area contributed by atoms with E-state index in [1.54, 1.807) is 0 Å². The molecule has 0 atom stereocenters. The summed E-state index contributed by atoms with van der Waals surface area (Å²) in [6, 6.07) is 10.0. The van der Waals surface area contributed by atoms with Gasteiger partial charge in [0.15, 0.2) is 0 Å². The number of unbranched alkanes of at least 4 members (excludes halogenated alkanes) is 12. The molecule has 5 aliphatic rings. The molecule has 4 aromatic rings. The van der Waals surface area contributed by atoms with Crippen LogP contribution in [0.5, 0.6) is 46.0 Å². The first kappa shape index (κ1) is 48.3. The molecule has 1 aliphatic carbocycles. The van der Waals surface area contributed by atoms with E-state index >= 15 is 0 Å². The molecule has 0 spiro atoms. The van der Waals surface area contributed by atoms with Gasteiger partial charge >= 0.3 is 0 Å². The molecule has 8 bridgehead atoms. The van der Waals surface area contributed by atoms with E-state index in [0.29, 0.717) is 0 Å². The van der Waals surface area contributed by atoms with Gasteiger partial charge in [0.05, 0.1) is 0 Å². The van der Waals surface area contributed by atoms with Crippen molar-refractivity contribution in [3.05, 3.63) is 91.0 Å². The Kier molecular flexibility index (Phi) is 15.6. The molecule has 0 aromatic heterocycles. The lowest BCUT2D eigenvalue weighted by Crippen LogP contribution is -2.24. The van der Waals surface area contributed by atoms with Gasteiger partial charge in [-0.25, -0.2) is 0 Å². The Morgan fingerprint density at radius 3 is 0.618 bits per heavy atom. The van der Waals surface area contributed by atoms with Crippen molar-refractivity contribution in [3.63, 3.8) is 0 Å². The first-order valence-electron chi connectivity index (χ1n) is 27.0. The van der Waals surface area contributed by atoms with Crippen molar-refractivity contribution >= 4 is 0 Å². The zero-order valence-corrected chi connectivity index (χ0v) is 42.9. The molecule has 68 heavy (non-hydrogen) atoms. The highest BCUT2D eigenvalue weighted by Crippen LogP contribution is 2.58. The van der Waals surface area contributed by atoms with E-state index in [-0.39, 0.29) is 50.8 Å². The van der Waals surface area contributed by atoms with Crippen molar-refractivity contribution in [3.8, 4) is 46.0 Å². The minimum absolute atomic E-state index is 0.0149. The molecule has 8 nitrogen and oxygen atoms in total. The van der Waals surface area contributed by atoms with Crippen LogP contribution >= 0.6 is 0 Å². The van der Waals surface area contributed by atoms with Crippen molar-refractivity contribution in [2.45, 2.75) is 207 Å². The molecule has 0 amide bonds. The quantitative estimate of drug-likeness (QED) is 0.0812. The van der Waals surface area contributed by atoms with E-state index in [4.69, 9.17) is 37.9 Å². The predicted molar refractivity (Wildman–Crippen MR) is 272 cm³/mol. The molecule has 0 N–H and O–H groups in total. The highest BCUT2D eigenvalue weighted by atomic mass is 16.7. The Morgan fingerprint density at radius 2 is 0.456 bits per heavy atom. The van der Waals surface area contributed by atoms with Crippen LogP contribution in [-0.2, 0) is 0 Å². The summed E-state index contributed by atoms with van der Waals surface area (Å²) in [5, 5.41) is 0. The third-order valence-electron chi connectivity index (χ3n) is 16.1. The summed E-state index contributed by atoms with van der Waals surface area (Å²) in [5.41, 5.74) is 13.9. The van der Waals surface area contributed by atoms with Gasteiger partial charge in [0, 0.05) is 90.4 Å². The second kappa shape index (κ2) is 21.9. The zero-order chi connectivity index (χ0) is 47.3. The third-order valence-corrected chi connectivity index (χ3v) is 16.1. The molecule has 0 saturated carbocycles. The topological polar surface area (TPSA) is 73.8 Å². The number of hydrogen-bond donors (Lipinski definition) is 0. The van der Waals surface area contributed by atoms with Gasteiger partial charge in [-0.05, 0) is 77.6 Å². The Bertz CT molecular complexity index is 1960. The molecular formula is C60H80O8. The normalized spacial score (nSPS) is 19.3.